The Morgan fingerprint density at radius 3 is 2.69 bits per heavy atom. The summed E-state index contributed by atoms with van der Waals surface area (Å²) in [6, 6.07) is 14.5. The molecule has 0 fully saturated rings. The molecule has 0 bridgehead atoms. The number of aromatic nitrogens is 1. The molecule has 0 saturated carbocycles. The maximum Gasteiger partial charge on any atom is 0.407 e. The number of nitrogens with one attached hydrogen (secondary N) is 2. The third kappa shape index (κ3) is 5.60. The van der Waals surface area contributed by atoms with Gasteiger partial charge < -0.3 is 20.2 Å². The number of halogens is 1. The Hall–Kier alpha value is -2.80. The Bertz CT molecular complexity index is 1020. The minimum Gasteiger partial charge on any atom is -0.623 e. The van der Waals surface area contributed by atoms with Crippen molar-refractivity contribution in [1.29, 1.82) is 0 Å². The van der Waals surface area contributed by atoms with Gasteiger partial charge >= 0.3 is 6.09 Å². The highest BCUT2D eigenvalue weighted by atomic mass is 79.9. The molecule has 0 aliphatic heterocycles. The highest BCUT2D eigenvalue weighted by Gasteiger charge is 2.25. The molecule has 1 heterocycles. The molecule has 0 aliphatic carbocycles. The molecule has 3 aromatic rings. The van der Waals surface area contributed by atoms with Crippen molar-refractivity contribution in [2.45, 2.75) is 32.4 Å². The summed E-state index contributed by atoms with van der Waals surface area (Å²) in [5, 5.41) is 16.7. The SMILES string of the molecule is CC(C)(C)OC(=O)NCC(c1c[nH]c2cc(Br)ccc12)[N+]([O-])=Cc1ccccc1. The quantitative estimate of drug-likeness (QED) is 0.241. The fourth-order valence-corrected chi connectivity index (χ4v) is 3.36. The molecular formula is C22H24BrN3O3. The second-order valence-corrected chi connectivity index (χ2v) is 8.65. The molecule has 6 nitrogen and oxygen atoms in total. The zero-order valence-electron chi connectivity index (χ0n) is 16.6. The number of benzene rings is 2. The first-order valence-corrected chi connectivity index (χ1v) is 10.1. The van der Waals surface area contributed by atoms with Crippen LogP contribution in [-0.4, -0.2) is 34.2 Å². The summed E-state index contributed by atoms with van der Waals surface area (Å²) in [4.78, 5) is 15.3. The third-order valence-corrected chi connectivity index (χ3v) is 4.75. The fourth-order valence-electron chi connectivity index (χ4n) is 3.00. The summed E-state index contributed by atoms with van der Waals surface area (Å²) in [6.45, 7) is 5.49. The molecule has 1 aromatic heterocycles. The number of alkyl carbamates (subject to hydrolysis) is 1. The van der Waals surface area contributed by atoms with Crippen LogP contribution in [0.15, 0.2) is 59.2 Å². The zero-order chi connectivity index (χ0) is 21.0. The van der Waals surface area contributed by atoms with E-state index in [9.17, 15) is 10.0 Å². The number of ether oxygens (including phenoxy) is 1. The molecule has 7 heteroatoms. The molecule has 1 atom stereocenters. The lowest BCUT2D eigenvalue weighted by Gasteiger charge is -2.21. The maximum atomic E-state index is 13.1. The lowest BCUT2D eigenvalue weighted by molar-refractivity contribution is -0.500. The first-order valence-electron chi connectivity index (χ1n) is 9.32. The standard InChI is InChI=1S/C22H24BrN3O3/c1-22(2,3)29-21(27)25-13-20(26(28)14-15-7-5-4-6-8-15)18-12-24-19-11-16(23)9-10-17(18)19/h4-12,14,20,24H,13H2,1-3H3,(H,25,27). The van der Waals surface area contributed by atoms with Gasteiger partial charge in [-0.1, -0.05) is 40.2 Å². The number of amides is 1. The van der Waals surface area contributed by atoms with Crippen molar-refractivity contribution in [2.75, 3.05) is 6.54 Å². The number of fused-ring (bicyclic) bond motifs is 1. The van der Waals surface area contributed by atoms with Gasteiger partial charge in [0.15, 0.2) is 6.21 Å². The summed E-state index contributed by atoms with van der Waals surface area (Å²) in [6.07, 6.45) is 2.78. The van der Waals surface area contributed by atoms with Crippen LogP contribution in [0.3, 0.4) is 0 Å². The van der Waals surface area contributed by atoms with Gasteiger partial charge in [-0.25, -0.2) is 9.53 Å². The van der Waals surface area contributed by atoms with Gasteiger partial charge in [-0.15, -0.1) is 0 Å². The second kappa shape index (κ2) is 8.69. The van der Waals surface area contributed by atoms with Crippen LogP contribution in [0.5, 0.6) is 0 Å². The van der Waals surface area contributed by atoms with E-state index in [2.05, 4.69) is 26.2 Å². The van der Waals surface area contributed by atoms with Crippen LogP contribution in [-0.2, 0) is 4.74 Å². The summed E-state index contributed by atoms with van der Waals surface area (Å²) < 4.78 is 7.13. The fraction of sp³-hybridized carbons (Fsp3) is 0.273. The van der Waals surface area contributed by atoms with E-state index in [-0.39, 0.29) is 6.54 Å². The van der Waals surface area contributed by atoms with Gasteiger partial charge in [0.2, 0.25) is 6.04 Å². The highest BCUT2D eigenvalue weighted by Crippen LogP contribution is 2.28. The second-order valence-electron chi connectivity index (χ2n) is 7.73. The average Bonchev–Trinajstić information content (AvgIpc) is 3.04. The largest absolute Gasteiger partial charge is 0.623 e. The van der Waals surface area contributed by atoms with E-state index in [0.717, 1.165) is 31.2 Å². The Kier molecular flexibility index (Phi) is 6.27. The van der Waals surface area contributed by atoms with Crippen molar-refractivity contribution in [3.63, 3.8) is 0 Å². The summed E-state index contributed by atoms with van der Waals surface area (Å²) in [5.41, 5.74) is 1.88. The number of aromatic amines is 1. The number of carbonyl (C=O) groups excluding carboxylic acids is 1. The summed E-state index contributed by atoms with van der Waals surface area (Å²) in [7, 11) is 0. The first kappa shape index (κ1) is 20.9. The van der Waals surface area contributed by atoms with Crippen molar-refractivity contribution in [1.82, 2.24) is 10.3 Å². The Morgan fingerprint density at radius 1 is 1.28 bits per heavy atom. The van der Waals surface area contributed by atoms with E-state index in [1.807, 2.05) is 54.7 Å². The van der Waals surface area contributed by atoms with Gasteiger partial charge in [0, 0.05) is 32.7 Å². The van der Waals surface area contributed by atoms with Crippen molar-refractivity contribution in [3.05, 3.63) is 75.5 Å². The summed E-state index contributed by atoms with van der Waals surface area (Å²) in [5.74, 6) is 0. The van der Waals surface area contributed by atoms with Crippen molar-refractivity contribution in [3.8, 4) is 0 Å². The van der Waals surface area contributed by atoms with Crippen LogP contribution in [0.4, 0.5) is 4.79 Å². The molecule has 2 aromatic carbocycles. The minimum absolute atomic E-state index is 0.102. The van der Waals surface area contributed by atoms with Gasteiger partial charge in [-0.2, -0.15) is 0 Å². The predicted octanol–water partition coefficient (Wildman–Crippen LogP) is 5.13. The molecular weight excluding hydrogens is 434 g/mol. The number of H-pyrrole nitrogens is 1. The van der Waals surface area contributed by atoms with E-state index in [1.165, 1.54) is 6.21 Å². The Morgan fingerprint density at radius 2 is 2.00 bits per heavy atom. The number of hydroxylamine groups is 1. The lowest BCUT2D eigenvalue weighted by atomic mass is 10.1. The van der Waals surface area contributed by atoms with E-state index in [0.29, 0.717) is 0 Å². The van der Waals surface area contributed by atoms with Crippen LogP contribution in [0.25, 0.3) is 10.9 Å². The van der Waals surface area contributed by atoms with E-state index in [4.69, 9.17) is 4.74 Å². The molecule has 0 radical (unpaired) electrons. The molecule has 3 rings (SSSR count). The smallest absolute Gasteiger partial charge is 0.407 e. The zero-order valence-corrected chi connectivity index (χ0v) is 18.2. The molecule has 0 saturated heterocycles. The summed E-state index contributed by atoms with van der Waals surface area (Å²) >= 11 is 3.46. The Balaban J connectivity index is 1.92. The van der Waals surface area contributed by atoms with Crippen LogP contribution < -0.4 is 5.32 Å². The predicted molar refractivity (Wildman–Crippen MR) is 118 cm³/mol. The monoisotopic (exact) mass is 457 g/mol. The van der Waals surface area contributed by atoms with Crippen molar-refractivity contribution in [2.24, 2.45) is 0 Å². The molecule has 2 N–H and O–H groups in total. The molecule has 1 unspecified atom stereocenters. The molecule has 152 valence electrons. The van der Waals surface area contributed by atoms with Gasteiger partial charge in [-0.05, 0) is 45.0 Å². The molecule has 0 spiro atoms. The minimum atomic E-state index is -0.627. The van der Waals surface area contributed by atoms with Crippen LogP contribution in [0.1, 0.15) is 37.9 Å². The molecule has 29 heavy (non-hydrogen) atoms. The average molecular weight is 458 g/mol. The number of carbonyl (C=O) groups is 1. The van der Waals surface area contributed by atoms with Crippen molar-refractivity contribution < 1.29 is 14.3 Å². The topological polar surface area (TPSA) is 80.2 Å². The van der Waals surface area contributed by atoms with Gasteiger partial charge in [-0.3, -0.25) is 0 Å². The van der Waals surface area contributed by atoms with Gasteiger partial charge in [0.05, 0.1) is 6.54 Å². The highest BCUT2D eigenvalue weighted by molar-refractivity contribution is 9.10. The number of rotatable bonds is 5. The molecule has 0 aliphatic rings. The third-order valence-electron chi connectivity index (χ3n) is 4.26. The first-order chi connectivity index (χ1) is 13.7. The molecule has 1 amide bonds. The van der Waals surface area contributed by atoms with Crippen molar-refractivity contribution >= 4 is 39.1 Å². The van der Waals surface area contributed by atoms with E-state index in [1.54, 1.807) is 20.8 Å². The normalized spacial score (nSPS) is 13.3. The van der Waals surface area contributed by atoms with Crippen LogP contribution in [0, 0.1) is 5.21 Å². The van der Waals surface area contributed by atoms with Gasteiger partial charge in [0.25, 0.3) is 0 Å². The van der Waals surface area contributed by atoms with Crippen LogP contribution >= 0.6 is 15.9 Å². The van der Waals surface area contributed by atoms with E-state index < -0.39 is 17.7 Å². The van der Waals surface area contributed by atoms with E-state index >= 15 is 0 Å². The van der Waals surface area contributed by atoms with Crippen LogP contribution in [0.2, 0.25) is 0 Å². The van der Waals surface area contributed by atoms with Gasteiger partial charge in [0.1, 0.15) is 5.60 Å². The number of hydrogen-bond acceptors (Lipinski definition) is 3. The number of nitrogens with zero attached hydrogens (tertiary/aromatic N) is 1. The lowest BCUT2D eigenvalue weighted by Crippen LogP contribution is -2.36. The maximum absolute atomic E-state index is 13.1. The number of hydrogen-bond donors (Lipinski definition) is 2. The Labute approximate surface area is 178 Å².